The highest BCUT2D eigenvalue weighted by Crippen LogP contribution is 2.34. The first kappa shape index (κ1) is 20.8. The molecule has 4 rings (SSSR count). The smallest absolute Gasteiger partial charge is 0.257 e. The van der Waals surface area contributed by atoms with Crippen molar-refractivity contribution in [2.75, 3.05) is 5.32 Å². The van der Waals surface area contributed by atoms with Gasteiger partial charge in [-0.05, 0) is 73.4 Å². The number of nitrogens with one attached hydrogen (secondary N) is 1. The van der Waals surface area contributed by atoms with Crippen LogP contribution in [0.2, 0.25) is 0 Å². The highest BCUT2D eigenvalue weighted by atomic mass is 32.1. The highest BCUT2D eigenvalue weighted by Gasteiger charge is 2.14. The molecule has 2 aromatic carbocycles. The molecule has 0 bridgehead atoms. The molecule has 0 unspecified atom stereocenters. The summed E-state index contributed by atoms with van der Waals surface area (Å²) in [6.07, 6.45) is 4.19. The van der Waals surface area contributed by atoms with Gasteiger partial charge in [0.25, 0.3) is 5.91 Å². The van der Waals surface area contributed by atoms with Crippen molar-refractivity contribution >= 4 is 22.4 Å². The third-order valence-electron chi connectivity index (χ3n) is 5.00. The van der Waals surface area contributed by atoms with Crippen LogP contribution < -0.4 is 10.1 Å². The lowest BCUT2D eigenvalue weighted by Crippen LogP contribution is -2.11. The molecule has 0 saturated heterocycles. The fourth-order valence-electron chi connectivity index (χ4n) is 3.43. The second kappa shape index (κ2) is 9.10. The van der Waals surface area contributed by atoms with Gasteiger partial charge in [-0.1, -0.05) is 19.1 Å². The first-order valence-corrected chi connectivity index (χ1v) is 11.0. The lowest BCUT2D eigenvalue weighted by atomic mass is 10.0. The van der Waals surface area contributed by atoms with Gasteiger partial charge in [-0.15, -0.1) is 11.3 Å². The molecule has 156 valence electrons. The van der Waals surface area contributed by atoms with Crippen LogP contribution in [0.5, 0.6) is 11.5 Å². The van der Waals surface area contributed by atoms with Crippen LogP contribution in [0.3, 0.4) is 0 Å². The molecular formula is C25H23N3O2S. The van der Waals surface area contributed by atoms with Crippen LogP contribution in [0.1, 0.15) is 34.0 Å². The Bertz CT molecular complexity index is 1180. The summed E-state index contributed by atoms with van der Waals surface area (Å²) >= 11 is 1.41. The van der Waals surface area contributed by atoms with E-state index in [4.69, 9.17) is 4.74 Å². The Morgan fingerprint density at radius 1 is 1.00 bits per heavy atom. The normalized spacial score (nSPS) is 10.7. The molecule has 0 fully saturated rings. The molecule has 0 spiro atoms. The topological polar surface area (TPSA) is 64.1 Å². The van der Waals surface area contributed by atoms with E-state index in [2.05, 4.69) is 34.3 Å². The number of aromatic nitrogens is 2. The van der Waals surface area contributed by atoms with E-state index in [0.29, 0.717) is 10.7 Å². The second-order valence-electron chi connectivity index (χ2n) is 7.26. The molecule has 6 heteroatoms. The van der Waals surface area contributed by atoms with Crippen LogP contribution >= 0.6 is 11.3 Å². The van der Waals surface area contributed by atoms with Gasteiger partial charge >= 0.3 is 0 Å². The molecule has 1 amide bonds. The number of thiazole rings is 1. The number of pyridine rings is 1. The predicted octanol–water partition coefficient (Wildman–Crippen LogP) is 6.43. The van der Waals surface area contributed by atoms with Crippen LogP contribution in [-0.2, 0) is 6.42 Å². The number of nitrogens with zero attached hydrogens (tertiary/aromatic N) is 2. The van der Waals surface area contributed by atoms with Crippen molar-refractivity contribution in [2.45, 2.75) is 27.2 Å². The van der Waals surface area contributed by atoms with Crippen molar-refractivity contribution in [3.63, 3.8) is 0 Å². The van der Waals surface area contributed by atoms with Crippen molar-refractivity contribution in [1.82, 2.24) is 9.97 Å². The van der Waals surface area contributed by atoms with Crippen molar-refractivity contribution in [3.05, 3.63) is 88.6 Å². The van der Waals surface area contributed by atoms with Gasteiger partial charge in [0, 0.05) is 28.9 Å². The van der Waals surface area contributed by atoms with Crippen LogP contribution in [0.15, 0.2) is 66.3 Å². The van der Waals surface area contributed by atoms with Gasteiger partial charge in [-0.25, -0.2) is 4.98 Å². The van der Waals surface area contributed by atoms with Crippen LogP contribution in [-0.4, -0.2) is 15.9 Å². The molecule has 0 radical (unpaired) electrons. The van der Waals surface area contributed by atoms with E-state index in [-0.39, 0.29) is 5.91 Å². The molecule has 2 aromatic heterocycles. The maximum absolute atomic E-state index is 12.4. The summed E-state index contributed by atoms with van der Waals surface area (Å²) in [4.78, 5) is 20.9. The van der Waals surface area contributed by atoms with Crippen LogP contribution in [0, 0.1) is 13.8 Å². The van der Waals surface area contributed by atoms with E-state index in [1.807, 2.05) is 43.5 Å². The standard InChI is InChI=1S/C25H23N3O2S/c1-4-18-5-7-20(8-6-18)30-21-13-16(2)23(17(3)14-21)22-15-31-25(27-22)28-24(29)19-9-11-26-12-10-19/h5-15H,4H2,1-3H3,(H,27,28,29). The Labute approximate surface area is 185 Å². The zero-order chi connectivity index (χ0) is 21.8. The highest BCUT2D eigenvalue weighted by molar-refractivity contribution is 7.14. The van der Waals surface area contributed by atoms with E-state index in [1.165, 1.54) is 16.9 Å². The SMILES string of the molecule is CCc1ccc(Oc2cc(C)c(-c3csc(NC(=O)c4ccncc4)n3)c(C)c2)cc1. The third kappa shape index (κ3) is 4.81. The average Bonchev–Trinajstić information content (AvgIpc) is 3.22. The average molecular weight is 430 g/mol. The zero-order valence-corrected chi connectivity index (χ0v) is 18.5. The molecule has 0 saturated carbocycles. The van der Waals surface area contributed by atoms with Crippen molar-refractivity contribution in [3.8, 4) is 22.8 Å². The molecule has 1 N–H and O–H groups in total. The van der Waals surface area contributed by atoms with Gasteiger partial charge in [0.05, 0.1) is 5.69 Å². The van der Waals surface area contributed by atoms with Gasteiger partial charge in [0.2, 0.25) is 0 Å². The van der Waals surface area contributed by atoms with E-state index >= 15 is 0 Å². The van der Waals surface area contributed by atoms with Gasteiger partial charge < -0.3 is 4.74 Å². The fraction of sp³-hybridized carbons (Fsp3) is 0.160. The van der Waals surface area contributed by atoms with Crippen LogP contribution in [0.25, 0.3) is 11.3 Å². The molecule has 2 heterocycles. The minimum absolute atomic E-state index is 0.199. The molecule has 0 atom stereocenters. The Morgan fingerprint density at radius 3 is 2.32 bits per heavy atom. The van der Waals surface area contributed by atoms with Gasteiger partial charge in [0.1, 0.15) is 11.5 Å². The largest absolute Gasteiger partial charge is 0.457 e. The number of hydrogen-bond acceptors (Lipinski definition) is 5. The van der Waals surface area contributed by atoms with E-state index in [9.17, 15) is 4.79 Å². The summed E-state index contributed by atoms with van der Waals surface area (Å²) in [6.45, 7) is 6.23. The lowest BCUT2D eigenvalue weighted by Gasteiger charge is -2.12. The lowest BCUT2D eigenvalue weighted by molar-refractivity contribution is 0.102. The van der Waals surface area contributed by atoms with Gasteiger partial charge in [0.15, 0.2) is 5.13 Å². The quantitative estimate of drug-likeness (QED) is 0.384. The first-order chi connectivity index (χ1) is 15.0. The minimum Gasteiger partial charge on any atom is -0.457 e. The second-order valence-corrected chi connectivity index (χ2v) is 8.12. The molecule has 4 aromatic rings. The Kier molecular flexibility index (Phi) is 6.09. The number of amides is 1. The predicted molar refractivity (Wildman–Crippen MR) is 125 cm³/mol. The van der Waals surface area contributed by atoms with Crippen LogP contribution in [0.4, 0.5) is 5.13 Å². The van der Waals surface area contributed by atoms with Crippen molar-refractivity contribution in [2.24, 2.45) is 0 Å². The number of aryl methyl sites for hydroxylation is 3. The summed E-state index contributed by atoms with van der Waals surface area (Å²) < 4.78 is 6.06. The molecule has 5 nitrogen and oxygen atoms in total. The Balaban J connectivity index is 1.52. The van der Waals surface area contributed by atoms with Gasteiger partial charge in [-0.2, -0.15) is 0 Å². The summed E-state index contributed by atoms with van der Waals surface area (Å²) in [5, 5.41) is 5.38. The first-order valence-electron chi connectivity index (χ1n) is 10.1. The fourth-order valence-corrected chi connectivity index (χ4v) is 4.13. The minimum atomic E-state index is -0.199. The number of ether oxygens (including phenoxy) is 1. The Morgan fingerprint density at radius 2 is 1.68 bits per heavy atom. The number of carbonyl (C=O) groups excluding carboxylic acids is 1. The number of carbonyl (C=O) groups is 1. The zero-order valence-electron chi connectivity index (χ0n) is 17.7. The summed E-state index contributed by atoms with van der Waals surface area (Å²) in [6, 6.07) is 15.5. The van der Waals surface area contributed by atoms with Crippen molar-refractivity contribution < 1.29 is 9.53 Å². The number of rotatable bonds is 6. The number of benzene rings is 2. The number of hydrogen-bond donors (Lipinski definition) is 1. The van der Waals surface area contributed by atoms with Gasteiger partial charge in [-0.3, -0.25) is 15.1 Å². The Hall–Kier alpha value is -3.51. The van der Waals surface area contributed by atoms with E-state index < -0.39 is 0 Å². The maximum atomic E-state index is 12.4. The molecule has 31 heavy (non-hydrogen) atoms. The maximum Gasteiger partial charge on any atom is 0.257 e. The monoisotopic (exact) mass is 429 g/mol. The molecule has 0 aliphatic heterocycles. The molecule has 0 aliphatic rings. The molecule has 0 aliphatic carbocycles. The summed E-state index contributed by atoms with van der Waals surface area (Å²) in [7, 11) is 0. The van der Waals surface area contributed by atoms with E-state index in [0.717, 1.165) is 40.3 Å². The summed E-state index contributed by atoms with van der Waals surface area (Å²) in [5.41, 5.74) is 5.85. The number of anilines is 1. The third-order valence-corrected chi connectivity index (χ3v) is 5.75. The van der Waals surface area contributed by atoms with E-state index in [1.54, 1.807) is 24.5 Å². The summed E-state index contributed by atoms with van der Waals surface area (Å²) in [5.74, 6) is 1.41. The van der Waals surface area contributed by atoms with Crippen molar-refractivity contribution in [1.29, 1.82) is 0 Å². The molecular weight excluding hydrogens is 406 g/mol.